The summed E-state index contributed by atoms with van der Waals surface area (Å²) in [4.78, 5) is 39.1. The summed E-state index contributed by atoms with van der Waals surface area (Å²) < 4.78 is 10.2. The first-order valence-electron chi connectivity index (χ1n) is 9.64. The highest BCUT2D eigenvalue weighted by molar-refractivity contribution is 5.92. The van der Waals surface area contributed by atoms with E-state index in [2.05, 4.69) is 5.32 Å². The van der Waals surface area contributed by atoms with Gasteiger partial charge in [-0.1, -0.05) is 30.3 Å². The van der Waals surface area contributed by atoms with Gasteiger partial charge < -0.3 is 19.7 Å². The number of benzene rings is 1. The van der Waals surface area contributed by atoms with Gasteiger partial charge in [0.15, 0.2) is 0 Å². The first-order valence-corrected chi connectivity index (χ1v) is 9.64. The Morgan fingerprint density at radius 3 is 2.39 bits per heavy atom. The van der Waals surface area contributed by atoms with Crippen molar-refractivity contribution < 1.29 is 23.9 Å². The summed E-state index contributed by atoms with van der Waals surface area (Å²) in [5.74, 6) is -0.519. The van der Waals surface area contributed by atoms with Crippen LogP contribution in [0.15, 0.2) is 30.3 Å². The topological polar surface area (TPSA) is 84.9 Å². The predicted octanol–water partition coefficient (Wildman–Crippen LogP) is 2.60. The molecule has 4 atom stereocenters. The molecule has 2 aliphatic rings. The van der Waals surface area contributed by atoms with Crippen molar-refractivity contribution in [3.8, 4) is 0 Å². The second-order valence-electron chi connectivity index (χ2n) is 8.45. The SMILES string of the molecule is COC(=O)[C@@H]1C[C@@H](c2ccccc2)C[C@@H]2C[C@H](NC(=O)OC(C)(C)C)C(=O)N21. The first-order chi connectivity index (χ1) is 13.2. The fourth-order valence-corrected chi connectivity index (χ4v) is 4.19. The Bertz CT molecular complexity index is 743. The van der Waals surface area contributed by atoms with E-state index < -0.39 is 29.7 Å². The average molecular weight is 388 g/mol. The summed E-state index contributed by atoms with van der Waals surface area (Å²) in [6.07, 6.45) is 1.09. The number of carbonyl (C=O) groups is 3. The minimum atomic E-state index is -0.693. The number of carbonyl (C=O) groups excluding carboxylic acids is 3. The molecule has 7 nitrogen and oxygen atoms in total. The number of piperidine rings is 1. The van der Waals surface area contributed by atoms with E-state index in [0.29, 0.717) is 12.8 Å². The van der Waals surface area contributed by atoms with Gasteiger partial charge in [0, 0.05) is 6.04 Å². The molecule has 2 aliphatic heterocycles. The Labute approximate surface area is 165 Å². The van der Waals surface area contributed by atoms with Gasteiger partial charge in [-0.05, 0) is 51.5 Å². The number of hydrogen-bond acceptors (Lipinski definition) is 5. The second-order valence-corrected chi connectivity index (χ2v) is 8.45. The molecule has 28 heavy (non-hydrogen) atoms. The molecule has 1 aromatic rings. The van der Waals surface area contributed by atoms with Crippen LogP contribution in [0.5, 0.6) is 0 Å². The zero-order valence-electron chi connectivity index (χ0n) is 16.8. The molecule has 0 aromatic heterocycles. The van der Waals surface area contributed by atoms with Crippen LogP contribution in [0.25, 0.3) is 0 Å². The van der Waals surface area contributed by atoms with E-state index in [9.17, 15) is 14.4 Å². The average Bonchev–Trinajstić information content (AvgIpc) is 2.95. The van der Waals surface area contributed by atoms with E-state index in [1.54, 1.807) is 25.7 Å². The zero-order chi connectivity index (χ0) is 20.5. The molecule has 0 aliphatic carbocycles. The van der Waals surface area contributed by atoms with Crippen LogP contribution in [0.3, 0.4) is 0 Å². The van der Waals surface area contributed by atoms with Crippen molar-refractivity contribution in [3.63, 3.8) is 0 Å². The smallest absolute Gasteiger partial charge is 0.408 e. The van der Waals surface area contributed by atoms with Crippen molar-refractivity contribution in [2.24, 2.45) is 0 Å². The third kappa shape index (κ3) is 4.29. The third-order valence-electron chi connectivity index (χ3n) is 5.29. The molecule has 0 unspecified atom stereocenters. The normalized spacial score (nSPS) is 27.1. The minimum Gasteiger partial charge on any atom is -0.467 e. The predicted molar refractivity (Wildman–Crippen MR) is 103 cm³/mol. The maximum absolute atomic E-state index is 13.0. The number of alkyl carbamates (subject to hydrolysis) is 1. The molecule has 0 bridgehead atoms. The highest BCUT2D eigenvalue weighted by Crippen LogP contribution is 2.40. The Morgan fingerprint density at radius 2 is 1.79 bits per heavy atom. The number of ether oxygens (including phenoxy) is 2. The largest absolute Gasteiger partial charge is 0.467 e. The molecular weight excluding hydrogens is 360 g/mol. The van der Waals surface area contributed by atoms with Gasteiger partial charge in [-0.15, -0.1) is 0 Å². The number of fused-ring (bicyclic) bond motifs is 1. The van der Waals surface area contributed by atoms with Gasteiger partial charge in [-0.3, -0.25) is 4.79 Å². The summed E-state index contributed by atoms with van der Waals surface area (Å²) in [5, 5.41) is 2.67. The van der Waals surface area contributed by atoms with E-state index in [4.69, 9.17) is 9.47 Å². The van der Waals surface area contributed by atoms with Crippen molar-refractivity contribution in [1.82, 2.24) is 10.2 Å². The number of methoxy groups -OCH3 is 1. The first kappa shape index (κ1) is 20.2. The van der Waals surface area contributed by atoms with E-state index in [-0.39, 0.29) is 17.9 Å². The Hall–Kier alpha value is -2.57. The van der Waals surface area contributed by atoms with Crippen molar-refractivity contribution in [1.29, 1.82) is 0 Å². The van der Waals surface area contributed by atoms with Gasteiger partial charge >= 0.3 is 12.1 Å². The molecule has 2 heterocycles. The lowest BCUT2D eigenvalue weighted by Gasteiger charge is -2.40. The summed E-state index contributed by atoms with van der Waals surface area (Å²) in [6, 6.07) is 8.52. The summed E-state index contributed by atoms with van der Waals surface area (Å²) in [6.45, 7) is 5.30. The zero-order valence-corrected chi connectivity index (χ0v) is 16.8. The molecule has 7 heteroatoms. The fraction of sp³-hybridized carbons (Fsp3) is 0.571. The summed E-state index contributed by atoms with van der Waals surface area (Å²) in [5.41, 5.74) is 0.498. The molecule has 0 spiro atoms. The molecule has 2 saturated heterocycles. The highest BCUT2D eigenvalue weighted by Gasteiger charge is 2.50. The van der Waals surface area contributed by atoms with Crippen LogP contribution in [0.1, 0.15) is 51.5 Å². The highest BCUT2D eigenvalue weighted by atomic mass is 16.6. The molecule has 1 aromatic carbocycles. The van der Waals surface area contributed by atoms with Crippen LogP contribution in [-0.2, 0) is 19.1 Å². The van der Waals surface area contributed by atoms with E-state index >= 15 is 0 Å². The molecule has 0 saturated carbocycles. The van der Waals surface area contributed by atoms with Gasteiger partial charge in [0.2, 0.25) is 5.91 Å². The molecule has 2 fully saturated rings. The lowest BCUT2D eigenvalue weighted by Crippen LogP contribution is -2.53. The molecule has 0 radical (unpaired) electrons. The van der Waals surface area contributed by atoms with Crippen molar-refractivity contribution in [2.75, 3.05) is 7.11 Å². The van der Waals surface area contributed by atoms with Crippen molar-refractivity contribution >= 4 is 18.0 Å². The minimum absolute atomic E-state index is 0.129. The number of hydrogen-bond donors (Lipinski definition) is 1. The quantitative estimate of drug-likeness (QED) is 0.805. The molecule has 1 N–H and O–H groups in total. The standard InChI is InChI=1S/C21H28N2O5/c1-21(2,3)28-20(26)22-16-12-15-10-14(13-8-6-5-7-9-13)11-17(19(25)27-4)23(15)18(16)24/h5-9,14-17H,10-12H2,1-4H3,(H,22,26)/t14-,15+,16-,17-/m0/s1. The summed E-state index contributed by atoms with van der Waals surface area (Å²) in [7, 11) is 1.33. The third-order valence-corrected chi connectivity index (χ3v) is 5.29. The maximum atomic E-state index is 13.0. The fourth-order valence-electron chi connectivity index (χ4n) is 4.19. The Kier molecular flexibility index (Phi) is 5.63. The van der Waals surface area contributed by atoms with E-state index in [1.807, 2.05) is 30.3 Å². The molecular formula is C21H28N2O5. The number of nitrogens with zero attached hydrogens (tertiary/aromatic N) is 1. The van der Waals surface area contributed by atoms with Gasteiger partial charge in [-0.25, -0.2) is 9.59 Å². The van der Waals surface area contributed by atoms with E-state index in [1.165, 1.54) is 7.11 Å². The number of nitrogens with one attached hydrogen (secondary N) is 1. The monoisotopic (exact) mass is 388 g/mol. The van der Waals surface area contributed by atoms with Gasteiger partial charge in [-0.2, -0.15) is 0 Å². The van der Waals surface area contributed by atoms with Gasteiger partial charge in [0.05, 0.1) is 7.11 Å². The second kappa shape index (κ2) is 7.81. The van der Waals surface area contributed by atoms with Crippen LogP contribution in [-0.4, -0.2) is 53.7 Å². The Balaban J connectivity index is 1.79. The molecule has 3 rings (SSSR count). The Morgan fingerprint density at radius 1 is 1.11 bits per heavy atom. The number of amides is 2. The van der Waals surface area contributed by atoms with E-state index in [0.717, 1.165) is 12.0 Å². The number of rotatable bonds is 3. The lowest BCUT2D eigenvalue weighted by molar-refractivity contribution is -0.155. The van der Waals surface area contributed by atoms with Gasteiger partial charge in [0.1, 0.15) is 17.7 Å². The molecule has 152 valence electrons. The van der Waals surface area contributed by atoms with Gasteiger partial charge in [0.25, 0.3) is 0 Å². The molecule has 2 amide bonds. The van der Waals surface area contributed by atoms with Crippen LogP contribution < -0.4 is 5.32 Å². The van der Waals surface area contributed by atoms with Crippen LogP contribution in [0, 0.1) is 0 Å². The van der Waals surface area contributed by atoms with Crippen molar-refractivity contribution in [2.45, 2.75) is 69.7 Å². The van der Waals surface area contributed by atoms with Crippen molar-refractivity contribution in [3.05, 3.63) is 35.9 Å². The lowest BCUT2D eigenvalue weighted by atomic mass is 9.82. The summed E-state index contributed by atoms with van der Waals surface area (Å²) >= 11 is 0. The van der Waals surface area contributed by atoms with Crippen LogP contribution in [0.2, 0.25) is 0 Å². The van der Waals surface area contributed by atoms with Crippen LogP contribution in [0.4, 0.5) is 4.79 Å². The number of esters is 1. The van der Waals surface area contributed by atoms with Crippen LogP contribution >= 0.6 is 0 Å². The maximum Gasteiger partial charge on any atom is 0.408 e.